The Balaban J connectivity index is 1.05. The number of rotatable bonds is 6. The van der Waals surface area contributed by atoms with Crippen molar-refractivity contribution in [3.63, 3.8) is 0 Å². The zero-order valence-electron chi connectivity index (χ0n) is 34.4. The average molecular weight is 802 g/mol. The Bertz CT molecular complexity index is 3870. The molecule has 13 aromatic rings. The second-order valence-electron chi connectivity index (χ2n) is 16.6. The lowest BCUT2D eigenvalue weighted by Gasteiger charge is -2.12. The predicted molar refractivity (Wildman–Crippen MR) is 266 cm³/mol. The Hall–Kier alpha value is -8.40. The number of hydrogen-bond donors (Lipinski definition) is 0. The molecule has 3 heteroatoms. The first-order valence-corrected chi connectivity index (χ1v) is 21.7. The summed E-state index contributed by atoms with van der Waals surface area (Å²) in [7, 11) is 0. The van der Waals surface area contributed by atoms with Crippen LogP contribution in [-0.4, -0.2) is 13.7 Å². The highest BCUT2D eigenvalue weighted by Crippen LogP contribution is 2.41. The summed E-state index contributed by atoms with van der Waals surface area (Å²) in [6.07, 6.45) is 0. The van der Waals surface area contributed by atoms with Gasteiger partial charge in [0.25, 0.3) is 0 Å². The molecule has 0 amide bonds. The first-order chi connectivity index (χ1) is 31.2. The lowest BCUT2D eigenvalue weighted by molar-refractivity contribution is 1.15. The maximum absolute atomic E-state index is 2.47. The summed E-state index contributed by atoms with van der Waals surface area (Å²) in [6, 6.07) is 86.5. The first kappa shape index (κ1) is 35.4. The van der Waals surface area contributed by atoms with Gasteiger partial charge in [0.05, 0.1) is 33.1 Å². The van der Waals surface area contributed by atoms with Crippen molar-refractivity contribution in [3.8, 4) is 50.4 Å². The third-order valence-electron chi connectivity index (χ3n) is 13.0. The van der Waals surface area contributed by atoms with E-state index in [9.17, 15) is 0 Å². The van der Waals surface area contributed by atoms with Gasteiger partial charge in [0.1, 0.15) is 0 Å². The van der Waals surface area contributed by atoms with Crippen molar-refractivity contribution in [1.29, 1.82) is 0 Å². The second-order valence-corrected chi connectivity index (χ2v) is 16.6. The molecule has 0 saturated heterocycles. The summed E-state index contributed by atoms with van der Waals surface area (Å²) in [4.78, 5) is 0. The maximum atomic E-state index is 2.47. The van der Waals surface area contributed by atoms with Crippen molar-refractivity contribution in [3.05, 3.63) is 237 Å². The van der Waals surface area contributed by atoms with Crippen molar-refractivity contribution < 1.29 is 0 Å². The van der Waals surface area contributed by atoms with E-state index in [2.05, 4.69) is 250 Å². The SMILES string of the molecule is c1ccc(-c2ccc3c(c2)c2cc(-c4ccc5c6cc(-c7ccccc7)ccc6n(-c6ccc7c8ccccc8n(-c8ccccc8)c7c6)c5c4)ccc2n3-c2ccccc2)cc1. The van der Waals surface area contributed by atoms with Crippen LogP contribution in [0.2, 0.25) is 0 Å². The molecule has 3 heterocycles. The molecule has 0 radical (unpaired) electrons. The normalized spacial score (nSPS) is 11.8. The van der Waals surface area contributed by atoms with Crippen LogP contribution in [0.1, 0.15) is 0 Å². The molecule has 294 valence electrons. The molecule has 3 aromatic heterocycles. The van der Waals surface area contributed by atoms with Gasteiger partial charge in [-0.1, -0.05) is 152 Å². The molecule has 0 aliphatic carbocycles. The van der Waals surface area contributed by atoms with Crippen LogP contribution in [-0.2, 0) is 0 Å². The Kier molecular flexibility index (Phi) is 7.91. The number of para-hydroxylation sites is 3. The Labute approximate surface area is 364 Å². The van der Waals surface area contributed by atoms with Gasteiger partial charge in [0.2, 0.25) is 0 Å². The molecular formula is C60H39N3. The van der Waals surface area contributed by atoms with Gasteiger partial charge in [0.15, 0.2) is 0 Å². The van der Waals surface area contributed by atoms with E-state index in [-0.39, 0.29) is 0 Å². The highest BCUT2D eigenvalue weighted by molar-refractivity contribution is 6.15. The molecule has 13 rings (SSSR count). The van der Waals surface area contributed by atoms with E-state index in [1.807, 2.05) is 0 Å². The quantitative estimate of drug-likeness (QED) is 0.159. The van der Waals surface area contributed by atoms with Gasteiger partial charge >= 0.3 is 0 Å². The van der Waals surface area contributed by atoms with Crippen molar-refractivity contribution in [2.24, 2.45) is 0 Å². The van der Waals surface area contributed by atoms with Gasteiger partial charge in [0, 0.05) is 49.4 Å². The van der Waals surface area contributed by atoms with E-state index in [0.29, 0.717) is 0 Å². The molecule has 0 N–H and O–H groups in total. The molecular weight excluding hydrogens is 763 g/mol. The van der Waals surface area contributed by atoms with E-state index >= 15 is 0 Å². The predicted octanol–water partition coefficient (Wildman–Crippen LogP) is 16.0. The van der Waals surface area contributed by atoms with E-state index in [1.54, 1.807) is 0 Å². The molecule has 0 bridgehead atoms. The number of benzene rings is 10. The zero-order valence-corrected chi connectivity index (χ0v) is 34.4. The minimum atomic E-state index is 1.13. The van der Waals surface area contributed by atoms with Crippen LogP contribution >= 0.6 is 0 Å². The molecule has 10 aromatic carbocycles. The molecule has 3 nitrogen and oxygen atoms in total. The first-order valence-electron chi connectivity index (χ1n) is 21.7. The van der Waals surface area contributed by atoms with Gasteiger partial charge in [-0.2, -0.15) is 0 Å². The van der Waals surface area contributed by atoms with Crippen LogP contribution in [0.5, 0.6) is 0 Å². The minimum absolute atomic E-state index is 1.13. The number of nitrogens with zero attached hydrogens (tertiary/aromatic N) is 3. The lowest BCUT2D eigenvalue weighted by Crippen LogP contribution is -1.97. The maximum Gasteiger partial charge on any atom is 0.0561 e. The van der Waals surface area contributed by atoms with E-state index in [1.165, 1.54) is 98.8 Å². The van der Waals surface area contributed by atoms with Crippen molar-refractivity contribution in [2.75, 3.05) is 0 Å². The van der Waals surface area contributed by atoms with Crippen LogP contribution in [0, 0.1) is 0 Å². The van der Waals surface area contributed by atoms with Gasteiger partial charge in [-0.25, -0.2) is 0 Å². The molecule has 0 aliphatic rings. The summed E-state index contributed by atoms with van der Waals surface area (Å²) >= 11 is 0. The van der Waals surface area contributed by atoms with E-state index in [0.717, 1.165) is 17.1 Å². The summed E-state index contributed by atoms with van der Waals surface area (Å²) in [5.41, 5.74) is 17.8. The fourth-order valence-corrected chi connectivity index (χ4v) is 10.1. The largest absolute Gasteiger partial charge is 0.309 e. The fourth-order valence-electron chi connectivity index (χ4n) is 10.1. The lowest BCUT2D eigenvalue weighted by atomic mass is 9.99. The van der Waals surface area contributed by atoms with Crippen LogP contribution in [0.3, 0.4) is 0 Å². The number of hydrogen-bond acceptors (Lipinski definition) is 0. The minimum Gasteiger partial charge on any atom is -0.309 e. The number of fused-ring (bicyclic) bond motifs is 9. The van der Waals surface area contributed by atoms with Gasteiger partial charge in [-0.15, -0.1) is 0 Å². The second kappa shape index (κ2) is 14.1. The third-order valence-corrected chi connectivity index (χ3v) is 13.0. The molecule has 0 spiro atoms. The van der Waals surface area contributed by atoms with Crippen molar-refractivity contribution in [2.45, 2.75) is 0 Å². The zero-order chi connectivity index (χ0) is 41.4. The highest BCUT2D eigenvalue weighted by Gasteiger charge is 2.19. The fraction of sp³-hybridized carbons (Fsp3) is 0. The van der Waals surface area contributed by atoms with Gasteiger partial charge < -0.3 is 13.7 Å². The van der Waals surface area contributed by atoms with Gasteiger partial charge in [-0.05, 0) is 118 Å². The monoisotopic (exact) mass is 801 g/mol. The summed E-state index contributed by atoms with van der Waals surface area (Å²) < 4.78 is 7.28. The van der Waals surface area contributed by atoms with E-state index in [4.69, 9.17) is 0 Å². The highest BCUT2D eigenvalue weighted by atomic mass is 15.0. The van der Waals surface area contributed by atoms with Gasteiger partial charge in [-0.3, -0.25) is 0 Å². The standard InChI is InChI=1S/C60H39N3/c1-5-15-40(16-6-1)42-26-32-56-52(35-42)51-30-25-45(38-59(51)63(56)48-29-31-50-49-23-13-14-24-55(49)62(60(50)39-48)47-21-11-4-12-22-47)44-28-34-58-54(37-44)53-36-43(41-17-7-2-8-18-41)27-33-57(53)61(58)46-19-9-3-10-20-46/h1-39H. The van der Waals surface area contributed by atoms with Crippen LogP contribution in [0.4, 0.5) is 0 Å². The summed E-state index contributed by atoms with van der Waals surface area (Å²) in [5.74, 6) is 0. The molecule has 0 saturated carbocycles. The molecule has 0 aliphatic heterocycles. The molecule has 63 heavy (non-hydrogen) atoms. The van der Waals surface area contributed by atoms with Crippen molar-refractivity contribution in [1.82, 2.24) is 13.7 Å². The average Bonchev–Trinajstić information content (AvgIpc) is 3.99. The van der Waals surface area contributed by atoms with Crippen molar-refractivity contribution >= 4 is 65.4 Å². The summed E-state index contributed by atoms with van der Waals surface area (Å²) in [6.45, 7) is 0. The van der Waals surface area contributed by atoms with Crippen LogP contribution < -0.4 is 0 Å². The Morgan fingerprint density at radius 2 is 0.524 bits per heavy atom. The topological polar surface area (TPSA) is 14.8 Å². The molecule has 0 fully saturated rings. The molecule has 0 atom stereocenters. The molecule has 0 unspecified atom stereocenters. The third kappa shape index (κ3) is 5.60. The van der Waals surface area contributed by atoms with Crippen LogP contribution in [0.25, 0.3) is 116 Å². The Morgan fingerprint density at radius 3 is 1.10 bits per heavy atom. The van der Waals surface area contributed by atoms with E-state index < -0.39 is 0 Å². The smallest absolute Gasteiger partial charge is 0.0561 e. The summed E-state index contributed by atoms with van der Waals surface area (Å²) in [5, 5.41) is 7.42. The Morgan fingerprint density at radius 1 is 0.175 bits per heavy atom. The van der Waals surface area contributed by atoms with Crippen LogP contribution in [0.15, 0.2) is 237 Å². The number of aromatic nitrogens is 3.